The molecule has 10 heteroatoms. The van der Waals surface area contributed by atoms with Gasteiger partial charge in [0.2, 0.25) is 10.0 Å². The number of carboxylic acids is 1. The minimum atomic E-state index is -3.71. The molecular formula is C23H30N2O7S. The van der Waals surface area contributed by atoms with E-state index >= 15 is 0 Å². The Kier molecular flexibility index (Phi) is 9.36. The standard InChI is InChI=1S/C23H30N2O7S/c1-3-4-11-21(26)19-9-6-10-20(16-19)24(33(2,31)32)15-14-18-8-5-7-17(12-13-22(27)28)23(18)25(29)30/h5-10,16,21,26H,3-4,11-15H2,1-2H3,(H,27,28). The van der Waals surface area contributed by atoms with Crippen molar-refractivity contribution in [1.82, 2.24) is 0 Å². The Morgan fingerprint density at radius 1 is 1.15 bits per heavy atom. The number of anilines is 1. The SMILES string of the molecule is CCCCC(O)c1cccc(N(CCc2cccc(CCC(=O)O)c2[N+](=O)[O-])S(C)(=O)=O)c1. The van der Waals surface area contributed by atoms with Gasteiger partial charge in [-0.2, -0.15) is 0 Å². The number of carboxylic acid groups (broad SMARTS) is 1. The van der Waals surface area contributed by atoms with Crippen molar-refractivity contribution in [2.75, 3.05) is 17.1 Å². The van der Waals surface area contributed by atoms with Crippen molar-refractivity contribution in [3.63, 3.8) is 0 Å². The number of nitrogens with zero attached hydrogens (tertiary/aromatic N) is 2. The Bertz CT molecular complexity index is 1090. The van der Waals surface area contributed by atoms with Crippen LogP contribution in [-0.4, -0.2) is 42.3 Å². The average molecular weight is 479 g/mol. The zero-order chi connectivity index (χ0) is 24.6. The molecule has 2 N–H and O–H groups in total. The van der Waals surface area contributed by atoms with Crippen LogP contribution in [0.4, 0.5) is 11.4 Å². The largest absolute Gasteiger partial charge is 0.481 e. The highest BCUT2D eigenvalue weighted by molar-refractivity contribution is 7.92. The number of rotatable bonds is 13. The van der Waals surface area contributed by atoms with Crippen molar-refractivity contribution in [3.05, 3.63) is 69.3 Å². The van der Waals surface area contributed by atoms with Gasteiger partial charge in [-0.05, 0) is 37.0 Å². The third kappa shape index (κ3) is 7.54. The lowest BCUT2D eigenvalue weighted by Gasteiger charge is -2.24. The van der Waals surface area contributed by atoms with E-state index < -0.39 is 27.0 Å². The highest BCUT2D eigenvalue weighted by Gasteiger charge is 2.23. The Morgan fingerprint density at radius 2 is 1.79 bits per heavy atom. The molecule has 2 aromatic rings. The number of hydrogen-bond donors (Lipinski definition) is 2. The zero-order valence-corrected chi connectivity index (χ0v) is 19.6. The smallest absolute Gasteiger partial charge is 0.303 e. The topological polar surface area (TPSA) is 138 Å². The summed E-state index contributed by atoms with van der Waals surface area (Å²) in [5, 5.41) is 31.0. The fourth-order valence-electron chi connectivity index (χ4n) is 3.68. The number of carbonyl (C=O) groups is 1. The van der Waals surface area contributed by atoms with Crippen molar-refractivity contribution >= 4 is 27.4 Å². The van der Waals surface area contributed by atoms with E-state index in [2.05, 4.69) is 0 Å². The third-order valence-electron chi connectivity index (χ3n) is 5.35. The fraction of sp³-hybridized carbons (Fsp3) is 0.435. The van der Waals surface area contributed by atoms with Crippen LogP contribution < -0.4 is 4.31 Å². The molecule has 1 unspecified atom stereocenters. The minimum absolute atomic E-state index is 0.00692. The summed E-state index contributed by atoms with van der Waals surface area (Å²) in [6.07, 6.45) is 2.50. The van der Waals surface area contributed by atoms with E-state index in [9.17, 15) is 28.4 Å². The minimum Gasteiger partial charge on any atom is -0.481 e. The summed E-state index contributed by atoms with van der Waals surface area (Å²) >= 11 is 0. The van der Waals surface area contributed by atoms with Crippen LogP contribution in [0, 0.1) is 10.1 Å². The molecule has 0 amide bonds. The molecule has 0 aliphatic rings. The van der Waals surface area contributed by atoms with Crippen LogP contribution >= 0.6 is 0 Å². The summed E-state index contributed by atoms with van der Waals surface area (Å²) in [5.41, 5.74) is 1.42. The Morgan fingerprint density at radius 3 is 2.36 bits per heavy atom. The van der Waals surface area contributed by atoms with Crippen LogP contribution in [0.5, 0.6) is 0 Å². The molecule has 0 heterocycles. The predicted molar refractivity (Wildman–Crippen MR) is 126 cm³/mol. The van der Waals surface area contributed by atoms with Gasteiger partial charge in [0.05, 0.1) is 23.0 Å². The molecule has 1 atom stereocenters. The van der Waals surface area contributed by atoms with Crippen LogP contribution in [0.3, 0.4) is 0 Å². The summed E-state index contributed by atoms with van der Waals surface area (Å²) in [5.74, 6) is -1.06. The van der Waals surface area contributed by atoms with Crippen molar-refractivity contribution in [1.29, 1.82) is 0 Å². The van der Waals surface area contributed by atoms with Gasteiger partial charge >= 0.3 is 5.97 Å². The fourth-order valence-corrected chi connectivity index (χ4v) is 4.60. The summed E-state index contributed by atoms with van der Waals surface area (Å²) < 4.78 is 26.2. The highest BCUT2D eigenvalue weighted by Crippen LogP contribution is 2.28. The van der Waals surface area contributed by atoms with Gasteiger partial charge < -0.3 is 10.2 Å². The molecule has 0 spiro atoms. The molecule has 0 radical (unpaired) electrons. The van der Waals surface area contributed by atoms with E-state index in [1.54, 1.807) is 36.4 Å². The summed E-state index contributed by atoms with van der Waals surface area (Å²) in [6.45, 7) is 1.97. The first-order valence-corrected chi connectivity index (χ1v) is 12.6. The van der Waals surface area contributed by atoms with Crippen LogP contribution in [0.1, 0.15) is 55.4 Å². The molecule has 180 valence electrons. The van der Waals surface area contributed by atoms with Crippen LogP contribution in [0.15, 0.2) is 42.5 Å². The Balaban J connectivity index is 2.33. The second-order valence-electron chi connectivity index (χ2n) is 7.91. The molecule has 0 aromatic heterocycles. The van der Waals surface area contributed by atoms with Crippen molar-refractivity contribution in [2.24, 2.45) is 0 Å². The van der Waals surface area contributed by atoms with E-state index in [1.165, 1.54) is 6.07 Å². The summed E-state index contributed by atoms with van der Waals surface area (Å²) in [7, 11) is -3.71. The molecule has 0 aliphatic carbocycles. The molecule has 2 aromatic carbocycles. The average Bonchev–Trinajstić information content (AvgIpc) is 2.75. The maximum Gasteiger partial charge on any atom is 0.303 e. The predicted octanol–water partition coefficient (Wildman–Crippen LogP) is 3.84. The summed E-state index contributed by atoms with van der Waals surface area (Å²) in [6, 6.07) is 11.3. The number of sulfonamides is 1. The second kappa shape index (κ2) is 11.8. The van der Waals surface area contributed by atoms with Crippen LogP contribution in [0.2, 0.25) is 0 Å². The molecule has 0 saturated heterocycles. The van der Waals surface area contributed by atoms with Crippen LogP contribution in [-0.2, 0) is 27.7 Å². The number of benzene rings is 2. The van der Waals surface area contributed by atoms with Gasteiger partial charge in [-0.15, -0.1) is 0 Å². The van der Waals surface area contributed by atoms with Gasteiger partial charge in [-0.3, -0.25) is 19.2 Å². The molecule has 2 rings (SSSR count). The maximum atomic E-state index is 12.5. The van der Waals surface area contributed by atoms with Gasteiger partial charge in [0.1, 0.15) is 0 Å². The number of aliphatic hydroxyl groups excluding tert-OH is 1. The first-order chi connectivity index (χ1) is 15.5. The van der Waals surface area contributed by atoms with E-state index in [-0.39, 0.29) is 31.5 Å². The van der Waals surface area contributed by atoms with E-state index in [0.29, 0.717) is 28.8 Å². The Labute approximate surface area is 193 Å². The van der Waals surface area contributed by atoms with Gasteiger partial charge in [-0.1, -0.05) is 50.1 Å². The summed E-state index contributed by atoms with van der Waals surface area (Å²) in [4.78, 5) is 22.0. The van der Waals surface area contributed by atoms with Gasteiger partial charge in [0.25, 0.3) is 5.69 Å². The van der Waals surface area contributed by atoms with E-state index in [4.69, 9.17) is 5.11 Å². The third-order valence-corrected chi connectivity index (χ3v) is 6.55. The first-order valence-electron chi connectivity index (χ1n) is 10.8. The quantitative estimate of drug-likeness (QED) is 0.329. The molecule has 0 fully saturated rings. The van der Waals surface area contributed by atoms with E-state index in [0.717, 1.165) is 23.4 Å². The number of aryl methyl sites for hydroxylation is 1. The molecule has 0 aliphatic heterocycles. The van der Waals surface area contributed by atoms with Crippen molar-refractivity contribution in [2.45, 2.75) is 51.6 Å². The monoisotopic (exact) mass is 478 g/mol. The molecular weight excluding hydrogens is 448 g/mol. The number of hydrogen-bond acceptors (Lipinski definition) is 6. The maximum absolute atomic E-state index is 12.5. The lowest BCUT2D eigenvalue weighted by atomic mass is 10.0. The lowest BCUT2D eigenvalue weighted by molar-refractivity contribution is -0.386. The molecule has 9 nitrogen and oxygen atoms in total. The second-order valence-corrected chi connectivity index (χ2v) is 9.82. The highest BCUT2D eigenvalue weighted by atomic mass is 32.2. The lowest BCUT2D eigenvalue weighted by Crippen LogP contribution is -2.32. The first kappa shape index (κ1) is 26.3. The molecule has 0 bridgehead atoms. The number of nitro benzene ring substituents is 1. The number of para-hydroxylation sites is 1. The molecule has 0 saturated carbocycles. The van der Waals surface area contributed by atoms with E-state index in [1.807, 2.05) is 6.92 Å². The number of aliphatic hydroxyl groups is 1. The zero-order valence-electron chi connectivity index (χ0n) is 18.8. The number of nitro groups is 1. The van der Waals surface area contributed by atoms with Gasteiger partial charge in [-0.25, -0.2) is 8.42 Å². The van der Waals surface area contributed by atoms with Crippen molar-refractivity contribution < 1.29 is 28.3 Å². The van der Waals surface area contributed by atoms with Gasteiger partial charge in [0, 0.05) is 24.1 Å². The van der Waals surface area contributed by atoms with Gasteiger partial charge in [0.15, 0.2) is 0 Å². The normalized spacial score (nSPS) is 12.3. The van der Waals surface area contributed by atoms with Crippen LogP contribution in [0.25, 0.3) is 0 Å². The number of aliphatic carboxylic acids is 1. The molecule has 33 heavy (non-hydrogen) atoms. The Hall–Kier alpha value is -2.98. The number of unbranched alkanes of at least 4 members (excludes halogenated alkanes) is 1. The van der Waals surface area contributed by atoms with Crippen molar-refractivity contribution in [3.8, 4) is 0 Å².